The number of para-hydroxylation sites is 1. The minimum Gasteiger partial charge on any atom is -0.310 e. The number of anilines is 1. The maximum Gasteiger partial charge on any atom is 0.357 e. The van der Waals surface area contributed by atoms with E-state index in [1.54, 1.807) is 55.5 Å². The molecule has 1 aliphatic carbocycles. The quantitative estimate of drug-likeness (QED) is 0.403. The highest BCUT2D eigenvalue weighted by atomic mass is 35.5. The molecule has 2 atom stereocenters. The van der Waals surface area contributed by atoms with Crippen molar-refractivity contribution in [2.75, 3.05) is 19.1 Å². The Morgan fingerprint density at radius 1 is 1.04 bits per heavy atom. The van der Waals surface area contributed by atoms with Crippen molar-refractivity contribution >= 4 is 42.4 Å². The van der Waals surface area contributed by atoms with Gasteiger partial charge >= 0.3 is 7.60 Å². The smallest absolute Gasteiger partial charge is 0.310 e. The SMILES string of the molecule is COP(=O)(OC)C(c1ccccc1)N(C(=O)C1(C)CC1(Cl)Cl)c1ccccc1. The third kappa shape index (κ3) is 3.62. The van der Waals surface area contributed by atoms with E-state index in [9.17, 15) is 9.36 Å². The number of rotatable bonds is 7. The molecule has 1 fully saturated rings. The van der Waals surface area contributed by atoms with Gasteiger partial charge in [0, 0.05) is 19.9 Å². The van der Waals surface area contributed by atoms with Crippen LogP contribution in [-0.2, 0) is 18.4 Å². The zero-order valence-corrected chi connectivity index (χ0v) is 18.2. The van der Waals surface area contributed by atoms with Crippen molar-refractivity contribution in [2.24, 2.45) is 5.41 Å². The predicted octanol–water partition coefficient (Wildman–Crippen LogP) is 5.79. The van der Waals surface area contributed by atoms with Crippen molar-refractivity contribution in [3.63, 3.8) is 0 Å². The van der Waals surface area contributed by atoms with Crippen LogP contribution in [0.2, 0.25) is 0 Å². The van der Waals surface area contributed by atoms with Crippen LogP contribution < -0.4 is 4.90 Å². The molecule has 0 aliphatic heterocycles. The average molecular weight is 442 g/mol. The molecule has 0 bridgehead atoms. The normalized spacial score (nSPS) is 21.8. The second kappa shape index (κ2) is 7.81. The number of hydrogen-bond acceptors (Lipinski definition) is 4. The summed E-state index contributed by atoms with van der Waals surface area (Å²) >= 11 is 12.6. The molecule has 1 amide bonds. The summed E-state index contributed by atoms with van der Waals surface area (Å²) < 4.78 is 23.0. The highest BCUT2D eigenvalue weighted by molar-refractivity contribution is 7.54. The number of carbonyl (C=O) groups excluding carboxylic acids is 1. The van der Waals surface area contributed by atoms with Crippen molar-refractivity contribution in [1.82, 2.24) is 0 Å². The van der Waals surface area contributed by atoms with Gasteiger partial charge in [-0.05, 0) is 31.0 Å². The van der Waals surface area contributed by atoms with Crippen molar-refractivity contribution in [3.05, 3.63) is 66.2 Å². The van der Waals surface area contributed by atoms with E-state index < -0.39 is 23.1 Å². The standard InChI is InChI=1S/C20H22Cl2NO4P/c1-19(14-20(19,21)22)18(24)23(16-12-8-5-9-13-16)17(28(25,26-2)27-3)15-10-6-4-7-11-15/h4-13,17H,14H2,1-3H3. The highest BCUT2D eigenvalue weighted by Crippen LogP contribution is 2.68. The van der Waals surface area contributed by atoms with E-state index >= 15 is 0 Å². The summed E-state index contributed by atoms with van der Waals surface area (Å²) in [4.78, 5) is 15.1. The Labute approximate surface area is 175 Å². The van der Waals surface area contributed by atoms with Crippen LogP contribution in [0, 0.1) is 5.41 Å². The highest BCUT2D eigenvalue weighted by Gasteiger charge is 2.69. The lowest BCUT2D eigenvalue weighted by Crippen LogP contribution is -2.41. The molecule has 0 heterocycles. The van der Waals surface area contributed by atoms with Crippen LogP contribution in [0.1, 0.15) is 24.7 Å². The lowest BCUT2D eigenvalue weighted by molar-refractivity contribution is -0.123. The zero-order valence-electron chi connectivity index (χ0n) is 15.8. The van der Waals surface area contributed by atoms with E-state index in [2.05, 4.69) is 0 Å². The first-order valence-electron chi connectivity index (χ1n) is 8.73. The number of nitrogens with zero attached hydrogens (tertiary/aromatic N) is 1. The fraction of sp³-hybridized carbons (Fsp3) is 0.350. The number of alkyl halides is 2. The first-order valence-corrected chi connectivity index (χ1v) is 11.1. The van der Waals surface area contributed by atoms with Crippen LogP contribution in [-0.4, -0.2) is 24.5 Å². The molecular weight excluding hydrogens is 420 g/mol. The first-order chi connectivity index (χ1) is 13.2. The molecule has 2 aromatic carbocycles. The molecule has 0 aromatic heterocycles. The fourth-order valence-electron chi connectivity index (χ4n) is 3.23. The van der Waals surface area contributed by atoms with E-state index in [0.29, 0.717) is 17.7 Å². The van der Waals surface area contributed by atoms with Crippen molar-refractivity contribution in [1.29, 1.82) is 0 Å². The number of halogens is 2. The van der Waals surface area contributed by atoms with Gasteiger partial charge in [0.25, 0.3) is 0 Å². The summed E-state index contributed by atoms with van der Waals surface area (Å²) in [5.74, 6) is -1.34. The first kappa shape index (κ1) is 21.4. The molecule has 8 heteroatoms. The number of hydrogen-bond donors (Lipinski definition) is 0. The Morgan fingerprint density at radius 3 is 1.93 bits per heavy atom. The molecule has 1 saturated carbocycles. The summed E-state index contributed by atoms with van der Waals surface area (Å²) in [7, 11) is -1.14. The Balaban J connectivity index is 2.21. The largest absolute Gasteiger partial charge is 0.357 e. The summed E-state index contributed by atoms with van der Waals surface area (Å²) in [6.45, 7) is 1.71. The van der Waals surface area contributed by atoms with Gasteiger partial charge in [0.15, 0.2) is 5.78 Å². The molecule has 0 spiro atoms. The molecule has 150 valence electrons. The maximum atomic E-state index is 13.7. The van der Waals surface area contributed by atoms with Gasteiger partial charge in [-0.3, -0.25) is 14.3 Å². The lowest BCUT2D eigenvalue weighted by atomic mass is 10.1. The molecule has 3 rings (SSSR count). The molecule has 5 nitrogen and oxygen atoms in total. The Bertz CT molecular complexity index is 886. The monoisotopic (exact) mass is 441 g/mol. The maximum absolute atomic E-state index is 13.7. The van der Waals surface area contributed by atoms with Crippen LogP contribution in [0.4, 0.5) is 5.69 Å². The van der Waals surface area contributed by atoms with Crippen molar-refractivity contribution in [2.45, 2.75) is 23.5 Å². The summed E-state index contributed by atoms with van der Waals surface area (Å²) in [5, 5.41) is 0. The number of carbonyl (C=O) groups is 1. The van der Waals surface area contributed by atoms with Gasteiger partial charge in [-0.1, -0.05) is 48.5 Å². The summed E-state index contributed by atoms with van der Waals surface area (Å²) in [6, 6.07) is 18.0. The van der Waals surface area contributed by atoms with Crippen molar-refractivity contribution < 1.29 is 18.4 Å². The Kier molecular flexibility index (Phi) is 5.96. The molecule has 0 N–H and O–H groups in total. The molecule has 0 saturated heterocycles. The van der Waals surface area contributed by atoms with Gasteiger partial charge < -0.3 is 9.05 Å². The van der Waals surface area contributed by atoms with Gasteiger partial charge in [0.05, 0.1) is 5.41 Å². The van der Waals surface area contributed by atoms with E-state index in [0.717, 1.165) is 0 Å². The Morgan fingerprint density at radius 2 is 1.50 bits per heavy atom. The van der Waals surface area contributed by atoms with Crippen LogP contribution in [0.3, 0.4) is 0 Å². The lowest BCUT2D eigenvalue weighted by Gasteiger charge is -2.37. The van der Waals surface area contributed by atoms with Crippen LogP contribution in [0.15, 0.2) is 60.7 Å². The third-order valence-corrected chi connectivity index (χ3v) is 8.38. The molecule has 0 radical (unpaired) electrons. The summed E-state index contributed by atoms with van der Waals surface area (Å²) in [6.07, 6.45) is 0.303. The minimum atomic E-state index is -3.75. The van der Waals surface area contributed by atoms with Gasteiger partial charge in [-0.25, -0.2) is 0 Å². The minimum absolute atomic E-state index is 0.303. The molecule has 28 heavy (non-hydrogen) atoms. The van der Waals surface area contributed by atoms with Gasteiger partial charge in [0.2, 0.25) is 5.91 Å². The second-order valence-corrected chi connectivity index (χ2v) is 10.7. The van der Waals surface area contributed by atoms with Gasteiger partial charge in [-0.15, -0.1) is 23.2 Å². The van der Waals surface area contributed by atoms with E-state index in [-0.39, 0.29) is 5.91 Å². The second-order valence-electron chi connectivity index (χ2n) is 6.91. The molecule has 2 aromatic rings. The van der Waals surface area contributed by atoms with Crippen molar-refractivity contribution in [3.8, 4) is 0 Å². The van der Waals surface area contributed by atoms with E-state index in [4.69, 9.17) is 32.2 Å². The Hall–Kier alpha value is -1.36. The van der Waals surface area contributed by atoms with Gasteiger partial charge in [0.1, 0.15) is 4.33 Å². The van der Waals surface area contributed by atoms with Crippen LogP contribution >= 0.6 is 30.8 Å². The summed E-state index contributed by atoms with van der Waals surface area (Å²) in [5.41, 5.74) is 0.157. The van der Waals surface area contributed by atoms with E-state index in [1.165, 1.54) is 19.1 Å². The fourth-order valence-corrected chi connectivity index (χ4v) is 5.53. The van der Waals surface area contributed by atoms with Crippen LogP contribution in [0.5, 0.6) is 0 Å². The third-order valence-electron chi connectivity index (χ3n) is 5.13. The van der Waals surface area contributed by atoms with Gasteiger partial charge in [-0.2, -0.15) is 0 Å². The van der Waals surface area contributed by atoms with Crippen LogP contribution in [0.25, 0.3) is 0 Å². The molecular formula is C20H22Cl2NO4P. The zero-order chi connectivity index (χ0) is 20.6. The molecule has 1 aliphatic rings. The topological polar surface area (TPSA) is 55.8 Å². The van der Waals surface area contributed by atoms with E-state index in [1.807, 2.05) is 12.1 Å². The number of amides is 1. The predicted molar refractivity (Wildman–Crippen MR) is 112 cm³/mol. The number of benzene rings is 2. The average Bonchev–Trinajstić information content (AvgIpc) is 3.25. The molecule has 2 unspecified atom stereocenters.